The van der Waals surface area contributed by atoms with Crippen LogP contribution in [0.4, 0.5) is 0 Å². The minimum atomic E-state index is -0.338. The Balaban J connectivity index is 2.23. The van der Waals surface area contributed by atoms with Gasteiger partial charge in [-0.05, 0) is 45.6 Å². The van der Waals surface area contributed by atoms with Crippen molar-refractivity contribution >= 4 is 0 Å². The highest BCUT2D eigenvalue weighted by Crippen LogP contribution is 2.31. The fraction of sp³-hybridized carbons (Fsp3) is 0.750. The van der Waals surface area contributed by atoms with Crippen molar-refractivity contribution in [3.8, 4) is 0 Å². The van der Waals surface area contributed by atoms with Crippen LogP contribution in [0.25, 0.3) is 0 Å². The van der Waals surface area contributed by atoms with Crippen LogP contribution in [0.5, 0.6) is 0 Å². The molecule has 1 aliphatic carbocycles. The number of aromatic nitrogens is 2. The topological polar surface area (TPSA) is 47.0 Å². The van der Waals surface area contributed by atoms with Gasteiger partial charge < -0.3 is 10.1 Å². The summed E-state index contributed by atoms with van der Waals surface area (Å²) in [4.78, 5) is 9.41. The summed E-state index contributed by atoms with van der Waals surface area (Å²) in [7, 11) is 0. The van der Waals surface area contributed by atoms with Crippen molar-refractivity contribution in [2.24, 2.45) is 0 Å². The van der Waals surface area contributed by atoms with E-state index in [0.29, 0.717) is 12.6 Å². The molecule has 0 atom stereocenters. The maximum absolute atomic E-state index is 6.02. The van der Waals surface area contributed by atoms with Crippen LogP contribution in [0.3, 0.4) is 0 Å². The van der Waals surface area contributed by atoms with Gasteiger partial charge in [-0.1, -0.05) is 13.8 Å². The molecule has 1 aromatic rings. The van der Waals surface area contributed by atoms with Gasteiger partial charge in [0, 0.05) is 24.9 Å². The number of hydrogen-bond donors (Lipinski definition) is 1. The van der Waals surface area contributed by atoms with E-state index in [-0.39, 0.29) is 5.60 Å². The van der Waals surface area contributed by atoms with E-state index >= 15 is 0 Å². The van der Waals surface area contributed by atoms with E-state index < -0.39 is 0 Å². The molecule has 112 valence electrons. The summed E-state index contributed by atoms with van der Waals surface area (Å²) in [6.07, 6.45) is 4.39. The van der Waals surface area contributed by atoms with E-state index in [1.54, 1.807) is 0 Å². The predicted octanol–water partition coefficient (Wildman–Crippen LogP) is 3.09. The predicted molar refractivity (Wildman–Crippen MR) is 80.5 cm³/mol. The Kier molecular flexibility index (Phi) is 5.11. The van der Waals surface area contributed by atoms with Gasteiger partial charge in [0.05, 0.1) is 5.69 Å². The van der Waals surface area contributed by atoms with Crippen molar-refractivity contribution in [1.82, 2.24) is 15.3 Å². The Morgan fingerprint density at radius 2 is 1.95 bits per heavy atom. The van der Waals surface area contributed by atoms with E-state index in [4.69, 9.17) is 9.72 Å². The normalized spacial score (nSPS) is 15.6. The van der Waals surface area contributed by atoms with E-state index in [9.17, 15) is 0 Å². The third kappa shape index (κ3) is 3.55. The lowest BCUT2D eigenvalue weighted by atomic mass is 9.95. The lowest BCUT2D eigenvalue weighted by molar-refractivity contribution is -0.0574. The van der Waals surface area contributed by atoms with Gasteiger partial charge in [-0.15, -0.1) is 0 Å². The van der Waals surface area contributed by atoms with Crippen molar-refractivity contribution in [2.45, 2.75) is 71.6 Å². The van der Waals surface area contributed by atoms with Gasteiger partial charge in [0.2, 0.25) is 0 Å². The highest BCUT2D eigenvalue weighted by molar-refractivity contribution is 5.14. The van der Waals surface area contributed by atoms with Crippen LogP contribution in [0.15, 0.2) is 6.07 Å². The second kappa shape index (κ2) is 6.64. The molecule has 0 unspecified atom stereocenters. The van der Waals surface area contributed by atoms with Gasteiger partial charge in [0.15, 0.2) is 5.82 Å². The molecule has 0 aliphatic heterocycles. The van der Waals surface area contributed by atoms with E-state index in [1.807, 2.05) is 13.8 Å². The first-order valence-electron chi connectivity index (χ1n) is 7.86. The van der Waals surface area contributed by atoms with Gasteiger partial charge in [-0.3, -0.25) is 0 Å². The molecule has 0 aromatic carbocycles. The van der Waals surface area contributed by atoms with Crippen molar-refractivity contribution in [3.05, 3.63) is 23.3 Å². The molecule has 0 amide bonds. The largest absolute Gasteiger partial charge is 0.367 e. The Labute approximate surface area is 122 Å². The van der Waals surface area contributed by atoms with Crippen LogP contribution in [0.1, 0.15) is 63.7 Å². The summed E-state index contributed by atoms with van der Waals surface area (Å²) in [6, 6.07) is 2.77. The van der Waals surface area contributed by atoms with Gasteiger partial charge in [-0.25, -0.2) is 9.97 Å². The highest BCUT2D eigenvalue weighted by atomic mass is 16.5. The molecular formula is C16H27N3O. The Morgan fingerprint density at radius 1 is 1.25 bits per heavy atom. The summed E-state index contributed by atoms with van der Waals surface area (Å²) < 4.78 is 6.02. The second-order valence-electron chi connectivity index (χ2n) is 5.61. The number of hydrogen-bond acceptors (Lipinski definition) is 4. The molecule has 1 aromatic heterocycles. The zero-order valence-corrected chi connectivity index (χ0v) is 13.2. The molecule has 4 heteroatoms. The Hall–Kier alpha value is -1.00. The van der Waals surface area contributed by atoms with Crippen molar-refractivity contribution < 1.29 is 4.74 Å². The average Bonchev–Trinajstić information content (AvgIpc) is 3.26. The number of aryl methyl sites for hydroxylation is 1. The second-order valence-corrected chi connectivity index (χ2v) is 5.61. The minimum absolute atomic E-state index is 0.338. The van der Waals surface area contributed by atoms with Crippen LogP contribution >= 0.6 is 0 Å². The fourth-order valence-corrected chi connectivity index (χ4v) is 2.58. The van der Waals surface area contributed by atoms with Gasteiger partial charge in [0.1, 0.15) is 5.60 Å². The zero-order valence-electron chi connectivity index (χ0n) is 13.2. The standard InChI is InChI=1S/C16H27N3O/c1-5-16(6-2,20-7-3)15-18-12(4)10-14(19-15)11-17-13-8-9-13/h10,13,17H,5-9,11H2,1-4H3. The smallest absolute Gasteiger partial charge is 0.160 e. The molecule has 2 rings (SSSR count). The van der Waals surface area contributed by atoms with Crippen molar-refractivity contribution in [2.75, 3.05) is 6.61 Å². The molecule has 0 radical (unpaired) electrons. The van der Waals surface area contributed by atoms with E-state index in [1.165, 1.54) is 12.8 Å². The number of nitrogens with zero attached hydrogens (tertiary/aromatic N) is 2. The third-order valence-electron chi connectivity index (χ3n) is 4.03. The molecule has 1 fully saturated rings. The molecule has 20 heavy (non-hydrogen) atoms. The summed E-state index contributed by atoms with van der Waals surface area (Å²) in [5.41, 5.74) is 1.76. The summed E-state index contributed by atoms with van der Waals surface area (Å²) >= 11 is 0. The number of rotatable bonds is 8. The molecule has 1 aliphatic rings. The quantitative estimate of drug-likeness (QED) is 0.793. The van der Waals surface area contributed by atoms with Crippen LogP contribution in [0.2, 0.25) is 0 Å². The molecule has 1 saturated carbocycles. The minimum Gasteiger partial charge on any atom is -0.367 e. The molecular weight excluding hydrogens is 250 g/mol. The lowest BCUT2D eigenvalue weighted by Crippen LogP contribution is -2.32. The van der Waals surface area contributed by atoms with Crippen molar-refractivity contribution in [1.29, 1.82) is 0 Å². The first kappa shape index (κ1) is 15.4. The van der Waals surface area contributed by atoms with Gasteiger partial charge >= 0.3 is 0 Å². The van der Waals surface area contributed by atoms with Crippen LogP contribution in [0, 0.1) is 6.92 Å². The maximum Gasteiger partial charge on any atom is 0.160 e. The Morgan fingerprint density at radius 3 is 2.50 bits per heavy atom. The van der Waals surface area contributed by atoms with E-state index in [2.05, 4.69) is 30.2 Å². The zero-order chi connectivity index (χ0) is 14.6. The number of nitrogens with one attached hydrogen (secondary N) is 1. The van der Waals surface area contributed by atoms with Gasteiger partial charge in [0.25, 0.3) is 0 Å². The van der Waals surface area contributed by atoms with Crippen molar-refractivity contribution in [3.63, 3.8) is 0 Å². The van der Waals surface area contributed by atoms with Crippen LogP contribution in [-0.4, -0.2) is 22.6 Å². The molecule has 0 spiro atoms. The van der Waals surface area contributed by atoms with Crippen LogP contribution in [-0.2, 0) is 16.9 Å². The SMILES string of the molecule is CCOC(CC)(CC)c1nc(C)cc(CNC2CC2)n1. The molecule has 1 N–H and O–H groups in total. The fourth-order valence-electron chi connectivity index (χ4n) is 2.58. The number of ether oxygens (including phenoxy) is 1. The molecule has 0 bridgehead atoms. The first-order chi connectivity index (χ1) is 9.63. The Bertz CT molecular complexity index is 439. The van der Waals surface area contributed by atoms with Gasteiger partial charge in [-0.2, -0.15) is 0 Å². The highest BCUT2D eigenvalue weighted by Gasteiger charge is 2.32. The monoisotopic (exact) mass is 277 g/mol. The molecule has 0 saturated heterocycles. The lowest BCUT2D eigenvalue weighted by Gasteiger charge is -2.30. The molecule has 4 nitrogen and oxygen atoms in total. The first-order valence-corrected chi connectivity index (χ1v) is 7.86. The average molecular weight is 277 g/mol. The third-order valence-corrected chi connectivity index (χ3v) is 4.03. The maximum atomic E-state index is 6.02. The van der Waals surface area contributed by atoms with Crippen LogP contribution < -0.4 is 5.32 Å². The summed E-state index contributed by atoms with van der Waals surface area (Å²) in [5.74, 6) is 0.844. The summed E-state index contributed by atoms with van der Waals surface area (Å²) in [6.45, 7) is 9.88. The van der Waals surface area contributed by atoms with E-state index in [0.717, 1.165) is 36.6 Å². The molecule has 1 heterocycles. The summed E-state index contributed by atoms with van der Waals surface area (Å²) in [5, 5.41) is 3.52.